The van der Waals surface area contributed by atoms with Gasteiger partial charge in [-0.3, -0.25) is 0 Å². The van der Waals surface area contributed by atoms with Crippen LogP contribution < -0.4 is 5.73 Å². The third-order valence-corrected chi connectivity index (χ3v) is 3.01. The molecule has 16 heavy (non-hydrogen) atoms. The van der Waals surface area contributed by atoms with Crippen LogP contribution in [0.1, 0.15) is 0 Å². The van der Waals surface area contributed by atoms with Gasteiger partial charge in [-0.05, 0) is 28.1 Å². The normalized spacial score (nSPS) is 10.4. The minimum atomic E-state index is -0.428. The van der Waals surface area contributed by atoms with Gasteiger partial charge < -0.3 is 5.73 Å². The van der Waals surface area contributed by atoms with Gasteiger partial charge in [0.25, 0.3) is 0 Å². The molecule has 3 nitrogen and oxygen atoms in total. The lowest BCUT2D eigenvalue weighted by atomic mass is 10.1. The average molecular weight is 303 g/mol. The third kappa shape index (κ3) is 1.88. The molecule has 0 bridgehead atoms. The van der Waals surface area contributed by atoms with E-state index in [0.717, 1.165) is 0 Å². The molecule has 6 heteroatoms. The molecule has 1 aromatic heterocycles. The zero-order chi connectivity index (χ0) is 11.7. The van der Waals surface area contributed by atoms with Crippen molar-refractivity contribution in [2.75, 3.05) is 5.73 Å². The van der Waals surface area contributed by atoms with E-state index in [2.05, 4.69) is 25.9 Å². The molecule has 2 aromatic rings. The van der Waals surface area contributed by atoms with Gasteiger partial charge in [0.05, 0.1) is 10.2 Å². The predicted octanol–water partition coefficient (Wildman–Crippen LogP) is 3.28. The highest BCUT2D eigenvalue weighted by Crippen LogP contribution is 2.32. The van der Waals surface area contributed by atoms with Crippen LogP contribution in [-0.4, -0.2) is 9.97 Å². The molecule has 0 spiro atoms. The quantitative estimate of drug-likeness (QED) is 0.879. The Hall–Kier alpha value is -1.20. The molecule has 0 amide bonds. The highest BCUT2D eigenvalue weighted by atomic mass is 79.9. The van der Waals surface area contributed by atoms with Gasteiger partial charge in [-0.1, -0.05) is 17.7 Å². The monoisotopic (exact) mass is 301 g/mol. The van der Waals surface area contributed by atoms with Crippen LogP contribution in [-0.2, 0) is 0 Å². The van der Waals surface area contributed by atoms with Crippen LogP contribution in [0.2, 0.25) is 5.02 Å². The lowest BCUT2D eigenvalue weighted by Crippen LogP contribution is -1.97. The fraction of sp³-hybridized carbons (Fsp3) is 0. The zero-order valence-corrected chi connectivity index (χ0v) is 10.3. The van der Waals surface area contributed by atoms with Crippen molar-refractivity contribution in [2.45, 2.75) is 0 Å². The first-order valence-electron chi connectivity index (χ1n) is 4.31. The summed E-state index contributed by atoms with van der Waals surface area (Å²) in [5, 5.41) is 0.152. The number of nitrogens with zero attached hydrogens (tertiary/aromatic N) is 2. The number of hydrogen-bond acceptors (Lipinski definition) is 3. The molecule has 0 saturated carbocycles. The number of benzene rings is 1. The van der Waals surface area contributed by atoms with Gasteiger partial charge in [0.15, 0.2) is 0 Å². The maximum absolute atomic E-state index is 13.8. The van der Waals surface area contributed by atoms with Crippen LogP contribution in [0.4, 0.5) is 10.2 Å². The van der Waals surface area contributed by atoms with Crippen molar-refractivity contribution in [3.05, 3.63) is 39.8 Å². The minimum absolute atomic E-state index is 0.131. The SMILES string of the molecule is Nc1ncnc(-c2cccc(Br)c2F)c1Cl. The smallest absolute Gasteiger partial charge is 0.146 e. The second-order valence-electron chi connectivity index (χ2n) is 3.02. The van der Waals surface area contributed by atoms with Crippen LogP contribution in [0.25, 0.3) is 11.3 Å². The Balaban J connectivity index is 2.68. The molecule has 0 atom stereocenters. The zero-order valence-electron chi connectivity index (χ0n) is 7.92. The van der Waals surface area contributed by atoms with E-state index in [-0.39, 0.29) is 22.1 Å². The van der Waals surface area contributed by atoms with E-state index in [1.165, 1.54) is 6.33 Å². The molecule has 0 aliphatic heterocycles. The maximum atomic E-state index is 13.8. The first-order valence-corrected chi connectivity index (χ1v) is 5.48. The van der Waals surface area contributed by atoms with Gasteiger partial charge >= 0.3 is 0 Å². The van der Waals surface area contributed by atoms with Crippen LogP contribution in [0, 0.1) is 5.82 Å². The lowest BCUT2D eigenvalue weighted by Gasteiger charge is -2.06. The Kier molecular flexibility index (Phi) is 3.07. The van der Waals surface area contributed by atoms with Gasteiger partial charge in [0.2, 0.25) is 0 Å². The predicted molar refractivity (Wildman–Crippen MR) is 64.5 cm³/mol. The van der Waals surface area contributed by atoms with Crippen LogP contribution in [0.3, 0.4) is 0 Å². The Morgan fingerprint density at radius 3 is 2.81 bits per heavy atom. The Bertz CT molecular complexity index is 498. The first kappa shape index (κ1) is 11.3. The van der Waals surface area contributed by atoms with E-state index in [9.17, 15) is 4.39 Å². The molecular weight excluding hydrogens is 296 g/mol. The van der Waals surface area contributed by atoms with Crippen molar-refractivity contribution in [2.24, 2.45) is 0 Å². The van der Waals surface area contributed by atoms with Gasteiger partial charge in [0.1, 0.15) is 23.0 Å². The molecule has 1 heterocycles. The van der Waals surface area contributed by atoms with Crippen molar-refractivity contribution in [3.63, 3.8) is 0 Å². The number of halogens is 3. The molecule has 0 aliphatic rings. The Morgan fingerprint density at radius 1 is 1.31 bits per heavy atom. The van der Waals surface area contributed by atoms with Crippen molar-refractivity contribution in [1.29, 1.82) is 0 Å². The summed E-state index contributed by atoms with van der Waals surface area (Å²) >= 11 is 9.01. The third-order valence-electron chi connectivity index (χ3n) is 2.02. The highest BCUT2D eigenvalue weighted by molar-refractivity contribution is 9.10. The molecule has 2 N–H and O–H groups in total. The summed E-state index contributed by atoms with van der Waals surface area (Å²) in [6, 6.07) is 4.86. The molecule has 0 unspecified atom stereocenters. The fourth-order valence-corrected chi connectivity index (χ4v) is 1.82. The summed E-state index contributed by atoms with van der Waals surface area (Å²) in [5.74, 6) is -0.298. The topological polar surface area (TPSA) is 51.8 Å². The van der Waals surface area contributed by atoms with E-state index >= 15 is 0 Å². The molecule has 0 aliphatic carbocycles. The van der Waals surface area contributed by atoms with Crippen LogP contribution in [0.5, 0.6) is 0 Å². The Labute approximate surface area is 105 Å². The number of hydrogen-bond donors (Lipinski definition) is 1. The van der Waals surface area contributed by atoms with Crippen LogP contribution >= 0.6 is 27.5 Å². The van der Waals surface area contributed by atoms with Gasteiger partial charge in [0, 0.05) is 5.56 Å². The largest absolute Gasteiger partial charge is 0.382 e. The van der Waals surface area contributed by atoms with Crippen LogP contribution in [0.15, 0.2) is 29.0 Å². The molecular formula is C10H6BrClFN3. The summed E-state index contributed by atoms with van der Waals surface area (Å²) in [4.78, 5) is 7.64. The fourth-order valence-electron chi connectivity index (χ4n) is 1.26. The Morgan fingerprint density at radius 2 is 2.06 bits per heavy atom. The average Bonchev–Trinajstić information content (AvgIpc) is 2.27. The molecule has 0 radical (unpaired) electrons. The van der Waals surface area contributed by atoms with Crippen molar-refractivity contribution in [1.82, 2.24) is 9.97 Å². The minimum Gasteiger partial charge on any atom is -0.382 e. The second-order valence-corrected chi connectivity index (χ2v) is 4.26. The molecule has 2 rings (SSSR count). The summed E-state index contributed by atoms with van der Waals surface area (Å²) in [5.41, 5.74) is 6.10. The summed E-state index contributed by atoms with van der Waals surface area (Å²) in [6.45, 7) is 0. The molecule has 82 valence electrons. The summed E-state index contributed by atoms with van der Waals surface area (Å²) in [6.07, 6.45) is 1.25. The van der Waals surface area contributed by atoms with E-state index in [4.69, 9.17) is 17.3 Å². The van der Waals surface area contributed by atoms with E-state index in [0.29, 0.717) is 4.47 Å². The van der Waals surface area contributed by atoms with Gasteiger partial charge in [-0.25, -0.2) is 14.4 Å². The summed E-state index contributed by atoms with van der Waals surface area (Å²) in [7, 11) is 0. The van der Waals surface area contributed by atoms with Gasteiger partial charge in [-0.15, -0.1) is 0 Å². The molecule has 0 saturated heterocycles. The number of rotatable bonds is 1. The lowest BCUT2D eigenvalue weighted by molar-refractivity contribution is 0.624. The highest BCUT2D eigenvalue weighted by Gasteiger charge is 2.14. The van der Waals surface area contributed by atoms with E-state index in [1.54, 1.807) is 18.2 Å². The number of nitrogen functional groups attached to an aromatic ring is 1. The maximum Gasteiger partial charge on any atom is 0.146 e. The van der Waals surface area contributed by atoms with Crippen molar-refractivity contribution < 1.29 is 4.39 Å². The number of nitrogens with two attached hydrogens (primary N) is 1. The summed E-state index contributed by atoms with van der Waals surface area (Å²) < 4.78 is 14.1. The van der Waals surface area contributed by atoms with E-state index < -0.39 is 5.82 Å². The van der Waals surface area contributed by atoms with Crippen molar-refractivity contribution >= 4 is 33.3 Å². The standard InChI is InChI=1S/C10H6BrClFN3/c11-6-3-1-2-5(8(6)13)9-7(12)10(14)16-4-15-9/h1-4H,(H2,14,15,16). The van der Waals surface area contributed by atoms with Gasteiger partial charge in [-0.2, -0.15) is 0 Å². The molecule has 1 aromatic carbocycles. The first-order chi connectivity index (χ1) is 7.61. The van der Waals surface area contributed by atoms with Crippen molar-refractivity contribution in [3.8, 4) is 11.3 Å². The molecule has 0 fully saturated rings. The van der Waals surface area contributed by atoms with E-state index in [1.807, 2.05) is 0 Å². The number of aromatic nitrogens is 2. The second kappa shape index (κ2) is 4.35. The number of anilines is 1.